The summed E-state index contributed by atoms with van der Waals surface area (Å²) in [4.78, 5) is 36.6. The van der Waals surface area contributed by atoms with E-state index in [1.165, 1.54) is 12.1 Å². The van der Waals surface area contributed by atoms with Crippen molar-refractivity contribution < 1.29 is 32.3 Å². The Balaban J connectivity index is 0.00000109. The number of nitrogens with zero attached hydrogens (tertiary/aromatic N) is 1. The van der Waals surface area contributed by atoms with Gasteiger partial charge in [-0.2, -0.15) is 0 Å². The summed E-state index contributed by atoms with van der Waals surface area (Å²) in [5, 5.41) is 2.12. The van der Waals surface area contributed by atoms with Crippen LogP contribution in [0.25, 0.3) is 0 Å². The molecule has 6 nitrogen and oxygen atoms in total. The van der Waals surface area contributed by atoms with Gasteiger partial charge in [0, 0.05) is 13.0 Å². The van der Waals surface area contributed by atoms with Gasteiger partial charge in [-0.15, -0.1) is 13.2 Å². The van der Waals surface area contributed by atoms with Crippen molar-refractivity contribution in [2.75, 3.05) is 0 Å². The Bertz CT molecular complexity index is 703. The van der Waals surface area contributed by atoms with E-state index >= 15 is 0 Å². The van der Waals surface area contributed by atoms with Crippen LogP contribution in [0, 0.1) is 0 Å². The average Bonchev–Trinajstić information content (AvgIpc) is 2.86. The molecule has 0 saturated carbocycles. The maximum atomic E-state index is 12.4. The fourth-order valence-corrected chi connectivity index (χ4v) is 2.79. The minimum Gasteiger partial charge on any atom is -0.405 e. The number of amides is 3. The first-order chi connectivity index (χ1) is 11.8. The number of alkyl halides is 3. The van der Waals surface area contributed by atoms with Gasteiger partial charge in [-0.1, -0.05) is 26.0 Å². The van der Waals surface area contributed by atoms with Crippen molar-refractivity contribution in [2.45, 2.75) is 45.6 Å². The van der Waals surface area contributed by atoms with Crippen LogP contribution in [0.1, 0.15) is 42.6 Å². The molecule has 9 heteroatoms. The standard InChI is InChI=1S/C14H11F3N2O4.C2H6/c15-14(16,17)23-9-3-1-2-7-6-19(13(22)11(7)9)8-4-5-10(20)18-12(8)21;1-2/h1-3,8H,4-6H2,(H,18,20,21);1-2H3. The molecule has 0 aromatic heterocycles. The molecule has 1 unspecified atom stereocenters. The molecule has 136 valence electrons. The number of imide groups is 1. The summed E-state index contributed by atoms with van der Waals surface area (Å²) in [7, 11) is 0. The average molecular weight is 358 g/mol. The maximum absolute atomic E-state index is 12.4. The van der Waals surface area contributed by atoms with E-state index in [2.05, 4.69) is 10.1 Å². The van der Waals surface area contributed by atoms with Crippen molar-refractivity contribution in [1.82, 2.24) is 10.2 Å². The van der Waals surface area contributed by atoms with E-state index < -0.39 is 35.9 Å². The summed E-state index contributed by atoms with van der Waals surface area (Å²) in [6, 6.07) is 3.02. The molecule has 1 aromatic rings. The van der Waals surface area contributed by atoms with E-state index in [4.69, 9.17) is 0 Å². The molecule has 25 heavy (non-hydrogen) atoms. The van der Waals surface area contributed by atoms with Crippen molar-refractivity contribution in [3.05, 3.63) is 29.3 Å². The van der Waals surface area contributed by atoms with Crippen molar-refractivity contribution >= 4 is 17.7 Å². The minimum atomic E-state index is -4.92. The number of benzene rings is 1. The quantitative estimate of drug-likeness (QED) is 0.824. The van der Waals surface area contributed by atoms with Crippen LogP contribution in [0.15, 0.2) is 18.2 Å². The topological polar surface area (TPSA) is 75.7 Å². The molecule has 1 fully saturated rings. The fraction of sp³-hybridized carbons (Fsp3) is 0.438. The Morgan fingerprint density at radius 3 is 2.48 bits per heavy atom. The third kappa shape index (κ3) is 3.92. The molecular formula is C16H17F3N2O4. The monoisotopic (exact) mass is 358 g/mol. The van der Waals surface area contributed by atoms with Crippen LogP contribution in [0.4, 0.5) is 13.2 Å². The summed E-state index contributed by atoms with van der Waals surface area (Å²) in [5.74, 6) is -2.36. The van der Waals surface area contributed by atoms with Gasteiger partial charge in [0.25, 0.3) is 5.91 Å². The molecule has 2 aliphatic rings. The van der Waals surface area contributed by atoms with Crippen LogP contribution in [-0.4, -0.2) is 35.0 Å². The zero-order valence-electron chi connectivity index (χ0n) is 13.6. The number of carbonyl (C=O) groups is 3. The SMILES string of the molecule is CC.O=C1CCC(N2Cc3cccc(OC(F)(F)F)c3C2=O)C(=O)N1. The lowest BCUT2D eigenvalue weighted by molar-refractivity contribution is -0.274. The summed E-state index contributed by atoms with van der Waals surface area (Å²) in [5.41, 5.74) is 0.149. The fourth-order valence-electron chi connectivity index (χ4n) is 2.79. The molecule has 0 spiro atoms. The number of rotatable bonds is 2. The highest BCUT2D eigenvalue weighted by molar-refractivity contribution is 6.06. The lowest BCUT2D eigenvalue weighted by atomic mass is 10.0. The van der Waals surface area contributed by atoms with Gasteiger partial charge < -0.3 is 9.64 Å². The number of hydrogen-bond donors (Lipinski definition) is 1. The first-order valence-electron chi connectivity index (χ1n) is 7.78. The molecule has 3 rings (SSSR count). The van der Waals surface area contributed by atoms with Gasteiger partial charge in [0.15, 0.2) is 0 Å². The van der Waals surface area contributed by atoms with Crippen molar-refractivity contribution in [2.24, 2.45) is 0 Å². The van der Waals surface area contributed by atoms with Crippen LogP contribution >= 0.6 is 0 Å². The number of ether oxygens (including phenoxy) is 1. The molecular weight excluding hydrogens is 341 g/mol. The van der Waals surface area contributed by atoms with E-state index in [1.54, 1.807) is 0 Å². The molecule has 0 aliphatic carbocycles. The first kappa shape index (κ1) is 18.8. The van der Waals surface area contributed by atoms with Crippen molar-refractivity contribution in [3.8, 4) is 5.75 Å². The lowest BCUT2D eigenvalue weighted by Crippen LogP contribution is -2.52. The Morgan fingerprint density at radius 1 is 1.20 bits per heavy atom. The molecule has 0 radical (unpaired) electrons. The normalized spacial score (nSPS) is 19.8. The third-order valence-electron chi connectivity index (χ3n) is 3.74. The second-order valence-corrected chi connectivity index (χ2v) is 5.24. The molecule has 0 bridgehead atoms. The summed E-state index contributed by atoms with van der Waals surface area (Å²) < 4.78 is 41.2. The van der Waals surface area contributed by atoms with Crippen LogP contribution in [0.3, 0.4) is 0 Å². The molecule has 1 aromatic carbocycles. The van der Waals surface area contributed by atoms with Gasteiger partial charge in [0.2, 0.25) is 11.8 Å². The van der Waals surface area contributed by atoms with E-state index in [-0.39, 0.29) is 24.9 Å². The van der Waals surface area contributed by atoms with Crippen molar-refractivity contribution in [3.63, 3.8) is 0 Å². The van der Waals surface area contributed by atoms with E-state index in [0.717, 1.165) is 11.0 Å². The third-order valence-corrected chi connectivity index (χ3v) is 3.74. The van der Waals surface area contributed by atoms with Crippen LogP contribution < -0.4 is 10.1 Å². The summed E-state index contributed by atoms with van der Waals surface area (Å²) >= 11 is 0. The Kier molecular flexibility index (Phi) is 5.34. The van der Waals surface area contributed by atoms with Gasteiger partial charge in [-0.05, 0) is 18.1 Å². The van der Waals surface area contributed by atoms with Gasteiger partial charge in [-0.3, -0.25) is 19.7 Å². The predicted octanol–water partition coefficient (Wildman–Crippen LogP) is 2.37. The number of carbonyl (C=O) groups excluding carboxylic acids is 3. The van der Waals surface area contributed by atoms with Crippen molar-refractivity contribution in [1.29, 1.82) is 0 Å². The predicted molar refractivity (Wildman–Crippen MR) is 80.5 cm³/mol. The number of halogens is 3. The lowest BCUT2D eigenvalue weighted by Gasteiger charge is -2.29. The molecule has 1 atom stereocenters. The van der Waals surface area contributed by atoms with Gasteiger partial charge in [0.05, 0.1) is 5.56 Å². The van der Waals surface area contributed by atoms with Gasteiger partial charge in [0.1, 0.15) is 11.8 Å². The Hall–Kier alpha value is -2.58. The minimum absolute atomic E-state index is 0.00446. The molecule has 1 saturated heterocycles. The van der Waals surface area contributed by atoms with Crippen LogP contribution in [-0.2, 0) is 16.1 Å². The Labute approximate surface area is 141 Å². The first-order valence-corrected chi connectivity index (χ1v) is 7.78. The zero-order valence-corrected chi connectivity index (χ0v) is 13.6. The number of nitrogens with one attached hydrogen (secondary N) is 1. The highest BCUT2D eigenvalue weighted by atomic mass is 19.4. The molecule has 2 aliphatic heterocycles. The van der Waals surface area contributed by atoms with E-state index in [9.17, 15) is 27.6 Å². The smallest absolute Gasteiger partial charge is 0.405 e. The molecule has 1 N–H and O–H groups in total. The summed E-state index contributed by atoms with van der Waals surface area (Å²) in [6.07, 6.45) is -4.71. The second-order valence-electron chi connectivity index (χ2n) is 5.24. The van der Waals surface area contributed by atoms with Crippen LogP contribution in [0.5, 0.6) is 5.75 Å². The summed E-state index contributed by atoms with van der Waals surface area (Å²) in [6.45, 7) is 4.00. The number of hydrogen-bond acceptors (Lipinski definition) is 4. The largest absolute Gasteiger partial charge is 0.573 e. The van der Waals surface area contributed by atoms with Crippen LogP contribution in [0.2, 0.25) is 0 Å². The second kappa shape index (κ2) is 7.12. The van der Waals surface area contributed by atoms with E-state index in [0.29, 0.717) is 5.56 Å². The molecule has 2 heterocycles. The van der Waals surface area contributed by atoms with Gasteiger partial charge >= 0.3 is 6.36 Å². The Morgan fingerprint density at radius 2 is 1.88 bits per heavy atom. The van der Waals surface area contributed by atoms with E-state index in [1.807, 2.05) is 13.8 Å². The highest BCUT2D eigenvalue weighted by Gasteiger charge is 2.42. The molecule has 3 amide bonds. The number of fused-ring (bicyclic) bond motifs is 1. The highest BCUT2D eigenvalue weighted by Crippen LogP contribution is 2.35. The van der Waals surface area contributed by atoms with Gasteiger partial charge in [-0.25, -0.2) is 0 Å². The maximum Gasteiger partial charge on any atom is 0.573 e. The zero-order chi connectivity index (χ0) is 18.8. The number of piperidine rings is 1.